The minimum Gasteiger partial charge on any atom is -0.490 e. The Morgan fingerprint density at radius 1 is 0.811 bits per heavy atom. The Bertz CT molecular complexity index is 1350. The molecule has 0 bridgehead atoms. The van der Waals surface area contributed by atoms with E-state index < -0.39 is 5.97 Å². The molecule has 4 aromatic rings. The fourth-order valence-corrected chi connectivity index (χ4v) is 4.14. The van der Waals surface area contributed by atoms with Crippen molar-refractivity contribution in [3.05, 3.63) is 96.1 Å². The van der Waals surface area contributed by atoms with Gasteiger partial charge in [-0.1, -0.05) is 55.5 Å². The van der Waals surface area contributed by atoms with Crippen molar-refractivity contribution in [1.29, 1.82) is 0 Å². The molecular weight excluding hydrogens is 466 g/mol. The second-order valence-corrected chi connectivity index (χ2v) is 8.75. The van der Waals surface area contributed by atoms with Crippen LogP contribution in [0.4, 0.5) is 0 Å². The van der Waals surface area contributed by atoms with E-state index in [1.165, 1.54) is 5.56 Å². The molecule has 0 aromatic heterocycles. The van der Waals surface area contributed by atoms with E-state index in [1.54, 1.807) is 24.3 Å². The number of amides is 1. The predicted molar refractivity (Wildman–Crippen MR) is 145 cm³/mol. The zero-order valence-corrected chi connectivity index (χ0v) is 20.9. The third-order valence-corrected chi connectivity index (χ3v) is 6.08. The van der Waals surface area contributed by atoms with Crippen LogP contribution in [-0.4, -0.2) is 36.7 Å². The van der Waals surface area contributed by atoms with Gasteiger partial charge >= 0.3 is 5.97 Å². The van der Waals surface area contributed by atoms with Crippen LogP contribution in [-0.2, 0) is 11.2 Å². The van der Waals surface area contributed by atoms with Gasteiger partial charge in [-0.3, -0.25) is 4.79 Å². The van der Waals surface area contributed by atoms with Crippen molar-refractivity contribution < 1.29 is 24.2 Å². The van der Waals surface area contributed by atoms with Crippen LogP contribution in [0.15, 0.2) is 84.9 Å². The summed E-state index contributed by atoms with van der Waals surface area (Å²) in [6.45, 7) is 3.41. The Morgan fingerprint density at radius 2 is 1.46 bits per heavy atom. The quantitative estimate of drug-likeness (QED) is 0.230. The first kappa shape index (κ1) is 25.8. The smallest absolute Gasteiger partial charge is 0.335 e. The molecule has 0 saturated heterocycles. The standard InChI is InChI=1S/C31H31NO5/c1-2-4-30(33)32-18-17-25-6-3-5-24-13-16-28(21-29(24)25)37-20-19-36-27-14-11-23(12-15-27)22-7-9-26(10-8-22)31(34)35/h3,5-16,21H,2,4,17-20H2,1H3,(H,32,33)(H,34,35). The third-order valence-electron chi connectivity index (χ3n) is 6.08. The summed E-state index contributed by atoms with van der Waals surface area (Å²) in [5, 5.41) is 14.3. The molecule has 0 aliphatic rings. The molecule has 0 spiro atoms. The molecule has 0 atom stereocenters. The van der Waals surface area contributed by atoms with Crippen molar-refractivity contribution in [2.75, 3.05) is 19.8 Å². The lowest BCUT2D eigenvalue weighted by Crippen LogP contribution is -2.25. The van der Waals surface area contributed by atoms with Crippen LogP contribution in [0.2, 0.25) is 0 Å². The van der Waals surface area contributed by atoms with Crippen LogP contribution in [0.3, 0.4) is 0 Å². The van der Waals surface area contributed by atoms with Crippen LogP contribution in [0.1, 0.15) is 35.7 Å². The van der Waals surface area contributed by atoms with Crippen molar-refractivity contribution in [1.82, 2.24) is 5.32 Å². The lowest BCUT2D eigenvalue weighted by molar-refractivity contribution is -0.121. The van der Waals surface area contributed by atoms with Crippen molar-refractivity contribution in [3.63, 3.8) is 0 Å². The van der Waals surface area contributed by atoms with Crippen molar-refractivity contribution >= 4 is 22.6 Å². The van der Waals surface area contributed by atoms with Crippen molar-refractivity contribution in [3.8, 4) is 22.6 Å². The maximum absolute atomic E-state index is 11.8. The van der Waals surface area contributed by atoms with Gasteiger partial charge in [0.05, 0.1) is 5.56 Å². The summed E-state index contributed by atoms with van der Waals surface area (Å²) in [4.78, 5) is 22.8. The second-order valence-electron chi connectivity index (χ2n) is 8.75. The summed E-state index contributed by atoms with van der Waals surface area (Å²) in [7, 11) is 0. The molecule has 0 aliphatic carbocycles. The minimum atomic E-state index is -0.936. The lowest BCUT2D eigenvalue weighted by Gasteiger charge is -2.12. The topological polar surface area (TPSA) is 84.9 Å². The number of rotatable bonds is 12. The fraction of sp³-hybridized carbons (Fsp3) is 0.226. The first-order chi connectivity index (χ1) is 18.0. The van der Waals surface area contributed by atoms with Crippen LogP contribution >= 0.6 is 0 Å². The summed E-state index contributed by atoms with van der Waals surface area (Å²) < 4.78 is 11.8. The largest absolute Gasteiger partial charge is 0.490 e. The van der Waals surface area contributed by atoms with Crippen LogP contribution < -0.4 is 14.8 Å². The Kier molecular flexibility index (Phi) is 8.76. The molecule has 37 heavy (non-hydrogen) atoms. The molecular formula is C31H31NO5. The lowest BCUT2D eigenvalue weighted by atomic mass is 10.0. The van der Waals surface area contributed by atoms with E-state index in [0.717, 1.165) is 46.2 Å². The molecule has 0 heterocycles. The molecule has 0 fully saturated rings. The van der Waals surface area contributed by atoms with Gasteiger partial charge in [0.1, 0.15) is 24.7 Å². The van der Waals surface area contributed by atoms with E-state index in [2.05, 4.69) is 17.4 Å². The van der Waals surface area contributed by atoms with Gasteiger partial charge in [0.15, 0.2) is 0 Å². The van der Waals surface area contributed by atoms with Crippen LogP contribution in [0, 0.1) is 0 Å². The number of ether oxygens (including phenoxy) is 2. The fourth-order valence-electron chi connectivity index (χ4n) is 4.14. The zero-order chi connectivity index (χ0) is 26.0. The van der Waals surface area contributed by atoms with Gasteiger partial charge in [-0.2, -0.15) is 0 Å². The summed E-state index contributed by atoms with van der Waals surface area (Å²) in [6, 6.07) is 26.7. The monoisotopic (exact) mass is 497 g/mol. The van der Waals surface area contributed by atoms with Gasteiger partial charge < -0.3 is 19.9 Å². The molecule has 4 aromatic carbocycles. The van der Waals surface area contributed by atoms with E-state index in [4.69, 9.17) is 14.6 Å². The highest BCUT2D eigenvalue weighted by Gasteiger charge is 2.06. The summed E-state index contributed by atoms with van der Waals surface area (Å²) in [5.74, 6) is 0.671. The number of carboxylic acid groups (broad SMARTS) is 1. The highest BCUT2D eigenvalue weighted by molar-refractivity contribution is 5.88. The summed E-state index contributed by atoms with van der Waals surface area (Å²) in [5.41, 5.74) is 3.37. The third kappa shape index (κ3) is 7.10. The van der Waals surface area contributed by atoms with Crippen LogP contribution in [0.25, 0.3) is 21.9 Å². The Morgan fingerprint density at radius 3 is 2.14 bits per heavy atom. The number of aromatic carboxylic acids is 1. The molecule has 0 saturated carbocycles. The minimum absolute atomic E-state index is 0.0933. The van der Waals surface area contributed by atoms with E-state index in [-0.39, 0.29) is 11.5 Å². The van der Waals surface area contributed by atoms with E-state index in [0.29, 0.717) is 26.2 Å². The average molecular weight is 498 g/mol. The number of carbonyl (C=O) groups is 2. The van der Waals surface area contributed by atoms with Gasteiger partial charge in [-0.05, 0) is 76.7 Å². The number of hydrogen-bond donors (Lipinski definition) is 2. The number of nitrogens with one attached hydrogen (secondary N) is 1. The van der Waals surface area contributed by atoms with Gasteiger partial charge in [0.25, 0.3) is 0 Å². The summed E-state index contributed by atoms with van der Waals surface area (Å²) in [6.07, 6.45) is 2.17. The molecule has 0 radical (unpaired) electrons. The highest BCUT2D eigenvalue weighted by atomic mass is 16.5. The van der Waals surface area contributed by atoms with Gasteiger partial charge in [0.2, 0.25) is 5.91 Å². The molecule has 0 unspecified atom stereocenters. The first-order valence-electron chi connectivity index (χ1n) is 12.5. The maximum Gasteiger partial charge on any atom is 0.335 e. The number of carboxylic acids is 1. The average Bonchev–Trinajstić information content (AvgIpc) is 2.92. The number of fused-ring (bicyclic) bond motifs is 1. The van der Waals surface area contributed by atoms with Gasteiger partial charge in [0, 0.05) is 13.0 Å². The number of hydrogen-bond acceptors (Lipinski definition) is 4. The van der Waals surface area contributed by atoms with Gasteiger partial charge in [-0.25, -0.2) is 4.79 Å². The molecule has 1 amide bonds. The first-order valence-corrected chi connectivity index (χ1v) is 12.5. The normalized spacial score (nSPS) is 10.7. The van der Waals surface area contributed by atoms with Crippen molar-refractivity contribution in [2.24, 2.45) is 0 Å². The van der Waals surface area contributed by atoms with E-state index in [9.17, 15) is 9.59 Å². The van der Waals surface area contributed by atoms with Gasteiger partial charge in [-0.15, -0.1) is 0 Å². The second kappa shape index (κ2) is 12.6. The zero-order valence-electron chi connectivity index (χ0n) is 20.9. The van der Waals surface area contributed by atoms with E-state index in [1.807, 2.05) is 55.5 Å². The van der Waals surface area contributed by atoms with Crippen LogP contribution in [0.5, 0.6) is 11.5 Å². The number of carbonyl (C=O) groups excluding carboxylic acids is 1. The SMILES string of the molecule is CCCC(=O)NCCc1cccc2ccc(OCCOc3ccc(-c4ccc(C(=O)O)cc4)cc3)cc12. The molecule has 0 aliphatic heterocycles. The Balaban J connectivity index is 1.29. The molecule has 4 rings (SSSR count). The molecule has 6 nitrogen and oxygen atoms in total. The molecule has 2 N–H and O–H groups in total. The predicted octanol–water partition coefficient (Wildman–Crippen LogP) is 6.12. The molecule has 190 valence electrons. The maximum atomic E-state index is 11.8. The Labute approximate surface area is 216 Å². The molecule has 6 heteroatoms. The van der Waals surface area contributed by atoms with Crippen molar-refractivity contribution in [2.45, 2.75) is 26.2 Å². The summed E-state index contributed by atoms with van der Waals surface area (Å²) >= 11 is 0. The highest BCUT2D eigenvalue weighted by Crippen LogP contribution is 2.25. The van der Waals surface area contributed by atoms with E-state index >= 15 is 0 Å². The Hall–Kier alpha value is -4.32. The number of benzene rings is 4.